The molecule has 18 heavy (non-hydrogen) atoms. The molecule has 1 aliphatic rings. The number of hydrogen-bond acceptors (Lipinski definition) is 2. The molecule has 0 aromatic heterocycles. The van der Waals surface area contributed by atoms with Gasteiger partial charge < -0.3 is 5.73 Å². The van der Waals surface area contributed by atoms with Crippen LogP contribution in [0.25, 0.3) is 0 Å². The highest BCUT2D eigenvalue weighted by molar-refractivity contribution is 5.80. The summed E-state index contributed by atoms with van der Waals surface area (Å²) >= 11 is 0. The molecule has 1 aromatic rings. The zero-order chi connectivity index (χ0) is 12.6. The second-order valence-corrected chi connectivity index (χ2v) is 5.25. The molecule has 0 radical (unpaired) electrons. The largest absolute Gasteiger partial charge is 0.387 e. The molecule has 0 amide bonds. The fourth-order valence-corrected chi connectivity index (χ4v) is 2.62. The van der Waals surface area contributed by atoms with E-state index in [9.17, 15) is 0 Å². The summed E-state index contributed by atoms with van der Waals surface area (Å²) in [5, 5.41) is 0. The highest BCUT2D eigenvalue weighted by atomic mass is 14.9. The quantitative estimate of drug-likeness (QED) is 0.861. The van der Waals surface area contributed by atoms with Crippen LogP contribution in [0.15, 0.2) is 35.3 Å². The van der Waals surface area contributed by atoms with Crippen LogP contribution in [0.5, 0.6) is 0 Å². The molecular weight excluding hydrogens is 220 g/mol. The molecule has 1 unspecified atom stereocenters. The van der Waals surface area contributed by atoms with Gasteiger partial charge in [0.05, 0.1) is 11.9 Å². The Bertz CT molecular complexity index is 370. The van der Waals surface area contributed by atoms with E-state index >= 15 is 0 Å². The van der Waals surface area contributed by atoms with Crippen molar-refractivity contribution in [1.29, 1.82) is 0 Å². The molecule has 1 heterocycles. The SMILES string of the molecule is NC1=NC(CCCc2ccccc2)CCCCC1. The van der Waals surface area contributed by atoms with Crippen molar-refractivity contribution in [2.45, 2.75) is 57.4 Å². The van der Waals surface area contributed by atoms with Crippen molar-refractivity contribution in [3.8, 4) is 0 Å². The Balaban J connectivity index is 1.78. The summed E-state index contributed by atoms with van der Waals surface area (Å²) in [6.07, 6.45) is 9.60. The molecule has 0 spiro atoms. The van der Waals surface area contributed by atoms with Gasteiger partial charge in [-0.1, -0.05) is 43.2 Å². The van der Waals surface area contributed by atoms with Crippen LogP contribution in [0.2, 0.25) is 0 Å². The Hall–Kier alpha value is -1.31. The van der Waals surface area contributed by atoms with Crippen molar-refractivity contribution < 1.29 is 0 Å². The number of nitrogens with zero attached hydrogens (tertiary/aromatic N) is 1. The third-order valence-electron chi connectivity index (χ3n) is 3.66. The van der Waals surface area contributed by atoms with Gasteiger partial charge >= 0.3 is 0 Å². The fourth-order valence-electron chi connectivity index (χ4n) is 2.62. The molecule has 0 aliphatic carbocycles. The summed E-state index contributed by atoms with van der Waals surface area (Å²) < 4.78 is 0. The van der Waals surface area contributed by atoms with Gasteiger partial charge in [-0.2, -0.15) is 0 Å². The average molecular weight is 244 g/mol. The van der Waals surface area contributed by atoms with Crippen LogP contribution in [0.1, 0.15) is 50.5 Å². The molecule has 2 rings (SSSR count). The van der Waals surface area contributed by atoms with Crippen LogP contribution in [0, 0.1) is 0 Å². The van der Waals surface area contributed by atoms with E-state index in [1.807, 2.05) is 0 Å². The molecule has 0 fully saturated rings. The van der Waals surface area contributed by atoms with Crippen LogP contribution >= 0.6 is 0 Å². The summed E-state index contributed by atoms with van der Waals surface area (Å²) in [5.74, 6) is 0.874. The molecular formula is C16H24N2. The number of amidine groups is 1. The molecule has 1 aromatic carbocycles. The highest BCUT2D eigenvalue weighted by Crippen LogP contribution is 2.17. The molecule has 1 atom stereocenters. The molecule has 0 saturated carbocycles. The number of nitrogens with two attached hydrogens (primary N) is 1. The van der Waals surface area contributed by atoms with Crippen molar-refractivity contribution in [3.63, 3.8) is 0 Å². The summed E-state index contributed by atoms with van der Waals surface area (Å²) in [6.45, 7) is 0. The number of benzene rings is 1. The fraction of sp³-hybridized carbons (Fsp3) is 0.562. The van der Waals surface area contributed by atoms with E-state index in [1.54, 1.807) is 0 Å². The highest BCUT2D eigenvalue weighted by Gasteiger charge is 2.10. The topological polar surface area (TPSA) is 38.4 Å². The van der Waals surface area contributed by atoms with Gasteiger partial charge in [-0.25, -0.2) is 0 Å². The maximum absolute atomic E-state index is 5.93. The molecule has 0 saturated heterocycles. The summed E-state index contributed by atoms with van der Waals surface area (Å²) in [4.78, 5) is 4.66. The predicted molar refractivity (Wildman–Crippen MR) is 77.9 cm³/mol. The van der Waals surface area contributed by atoms with Gasteiger partial charge in [0, 0.05) is 6.42 Å². The number of aliphatic imine (C=N–C) groups is 1. The molecule has 2 heteroatoms. The summed E-state index contributed by atoms with van der Waals surface area (Å²) in [5.41, 5.74) is 7.36. The van der Waals surface area contributed by atoms with Crippen LogP contribution < -0.4 is 5.73 Å². The summed E-state index contributed by atoms with van der Waals surface area (Å²) in [6, 6.07) is 11.2. The molecule has 98 valence electrons. The van der Waals surface area contributed by atoms with E-state index < -0.39 is 0 Å². The minimum atomic E-state index is 0.467. The average Bonchev–Trinajstić information content (AvgIpc) is 2.36. The Morgan fingerprint density at radius 3 is 2.78 bits per heavy atom. The van der Waals surface area contributed by atoms with Crippen molar-refractivity contribution >= 4 is 5.84 Å². The third-order valence-corrected chi connectivity index (χ3v) is 3.66. The van der Waals surface area contributed by atoms with Gasteiger partial charge in [0.1, 0.15) is 0 Å². The van der Waals surface area contributed by atoms with Crippen LogP contribution in [0.4, 0.5) is 0 Å². The van der Waals surface area contributed by atoms with Crippen molar-refractivity contribution in [3.05, 3.63) is 35.9 Å². The monoisotopic (exact) mass is 244 g/mol. The van der Waals surface area contributed by atoms with Gasteiger partial charge in [-0.3, -0.25) is 4.99 Å². The molecule has 2 nitrogen and oxygen atoms in total. The predicted octanol–water partition coefficient (Wildman–Crippen LogP) is 3.70. The lowest BCUT2D eigenvalue weighted by Crippen LogP contribution is -2.19. The minimum Gasteiger partial charge on any atom is -0.387 e. The van der Waals surface area contributed by atoms with E-state index in [1.165, 1.54) is 44.1 Å². The van der Waals surface area contributed by atoms with Crippen LogP contribution in [-0.4, -0.2) is 11.9 Å². The second kappa shape index (κ2) is 7.20. The Labute approximate surface area is 110 Å². The number of rotatable bonds is 4. The zero-order valence-electron chi connectivity index (χ0n) is 11.1. The Kier molecular flexibility index (Phi) is 5.25. The van der Waals surface area contributed by atoms with Crippen molar-refractivity contribution in [1.82, 2.24) is 0 Å². The smallest absolute Gasteiger partial charge is 0.0940 e. The Morgan fingerprint density at radius 2 is 1.94 bits per heavy atom. The van der Waals surface area contributed by atoms with E-state index in [-0.39, 0.29) is 0 Å². The zero-order valence-corrected chi connectivity index (χ0v) is 11.1. The first kappa shape index (κ1) is 13.1. The maximum Gasteiger partial charge on any atom is 0.0940 e. The van der Waals surface area contributed by atoms with E-state index in [0.29, 0.717) is 6.04 Å². The van der Waals surface area contributed by atoms with Crippen LogP contribution in [0.3, 0.4) is 0 Å². The standard InChI is InChI=1S/C16H24N2/c17-16-13-6-2-5-11-15(18-16)12-7-10-14-8-3-1-4-9-14/h1,3-4,8-9,15H,2,5-7,10-13H2,(H2,17,18). The van der Waals surface area contributed by atoms with Gasteiger partial charge in [0.25, 0.3) is 0 Å². The number of hydrogen-bond donors (Lipinski definition) is 1. The molecule has 2 N–H and O–H groups in total. The lowest BCUT2D eigenvalue weighted by Gasteiger charge is -2.16. The first-order valence-electron chi connectivity index (χ1n) is 7.20. The third kappa shape index (κ3) is 4.52. The normalized spacial score (nSPS) is 20.9. The first-order valence-corrected chi connectivity index (χ1v) is 7.20. The van der Waals surface area contributed by atoms with Gasteiger partial charge in [0.15, 0.2) is 0 Å². The maximum atomic E-state index is 5.93. The lowest BCUT2D eigenvalue weighted by molar-refractivity contribution is 0.501. The van der Waals surface area contributed by atoms with E-state index in [0.717, 1.165) is 18.7 Å². The van der Waals surface area contributed by atoms with E-state index in [2.05, 4.69) is 35.3 Å². The van der Waals surface area contributed by atoms with Crippen molar-refractivity contribution in [2.75, 3.05) is 0 Å². The van der Waals surface area contributed by atoms with Crippen LogP contribution in [-0.2, 0) is 6.42 Å². The minimum absolute atomic E-state index is 0.467. The number of aryl methyl sites for hydroxylation is 1. The van der Waals surface area contributed by atoms with Gasteiger partial charge in [0.2, 0.25) is 0 Å². The van der Waals surface area contributed by atoms with Gasteiger partial charge in [-0.05, 0) is 37.7 Å². The molecule has 0 bridgehead atoms. The first-order chi connectivity index (χ1) is 8.84. The van der Waals surface area contributed by atoms with Gasteiger partial charge in [-0.15, -0.1) is 0 Å². The lowest BCUT2D eigenvalue weighted by atomic mass is 9.99. The Morgan fingerprint density at radius 1 is 1.11 bits per heavy atom. The summed E-state index contributed by atoms with van der Waals surface area (Å²) in [7, 11) is 0. The van der Waals surface area contributed by atoms with Crippen molar-refractivity contribution in [2.24, 2.45) is 10.7 Å². The van der Waals surface area contributed by atoms with E-state index in [4.69, 9.17) is 5.73 Å². The molecule has 1 aliphatic heterocycles. The second-order valence-electron chi connectivity index (χ2n) is 5.25.